The van der Waals surface area contributed by atoms with Crippen molar-refractivity contribution in [2.45, 2.75) is 29.7 Å². The third-order valence-corrected chi connectivity index (χ3v) is 7.13. The van der Waals surface area contributed by atoms with Gasteiger partial charge in [-0.3, -0.25) is 0 Å². The maximum Gasteiger partial charge on any atom is 0.226 e. The molecule has 1 atom stereocenters. The third-order valence-electron chi connectivity index (χ3n) is 5.18. The van der Waals surface area contributed by atoms with E-state index in [1.54, 1.807) is 18.2 Å². The molecule has 3 aromatic rings. The van der Waals surface area contributed by atoms with Crippen molar-refractivity contribution in [2.24, 2.45) is 5.92 Å². The summed E-state index contributed by atoms with van der Waals surface area (Å²) in [5.74, 6) is 1.40. The van der Waals surface area contributed by atoms with Crippen molar-refractivity contribution < 1.29 is 8.42 Å². The van der Waals surface area contributed by atoms with Crippen LogP contribution in [0.15, 0.2) is 58.5 Å². The monoisotopic (exact) mass is 401 g/mol. The van der Waals surface area contributed by atoms with Crippen LogP contribution >= 0.6 is 11.6 Å². The number of sulfone groups is 1. The molecule has 2 heterocycles. The van der Waals surface area contributed by atoms with Gasteiger partial charge in [-0.05, 0) is 36.6 Å². The molecule has 0 saturated carbocycles. The van der Waals surface area contributed by atoms with Gasteiger partial charge in [-0.1, -0.05) is 49.2 Å². The topological polar surface area (TPSA) is 63.2 Å². The quantitative estimate of drug-likeness (QED) is 0.650. The minimum Gasteiger partial charge on any atom is -0.354 e. The summed E-state index contributed by atoms with van der Waals surface area (Å²) in [6.45, 7) is 4.04. The fraction of sp³-hybridized carbons (Fsp3) is 0.300. The Balaban J connectivity index is 1.84. The summed E-state index contributed by atoms with van der Waals surface area (Å²) in [5.41, 5.74) is 0. The summed E-state index contributed by atoms with van der Waals surface area (Å²) in [7, 11) is -3.79. The van der Waals surface area contributed by atoms with Gasteiger partial charge in [0, 0.05) is 28.9 Å². The van der Waals surface area contributed by atoms with Gasteiger partial charge < -0.3 is 4.90 Å². The normalized spacial score (nSPS) is 17.6. The van der Waals surface area contributed by atoms with Crippen LogP contribution in [0.1, 0.15) is 19.8 Å². The fourth-order valence-corrected chi connectivity index (χ4v) is 5.04. The summed E-state index contributed by atoms with van der Waals surface area (Å²) in [6, 6.07) is 13.6. The summed E-state index contributed by atoms with van der Waals surface area (Å²) in [5, 5.41) is 10.4. The van der Waals surface area contributed by atoms with Crippen molar-refractivity contribution in [3.8, 4) is 0 Å². The van der Waals surface area contributed by atoms with Gasteiger partial charge in [0.15, 0.2) is 10.8 Å². The Bertz CT molecular complexity index is 1080. The first-order chi connectivity index (χ1) is 13.0. The summed E-state index contributed by atoms with van der Waals surface area (Å²) in [4.78, 5) is 2.37. The molecule has 1 unspecified atom stereocenters. The van der Waals surface area contributed by atoms with Gasteiger partial charge in [-0.25, -0.2) is 8.42 Å². The highest BCUT2D eigenvalue weighted by Crippen LogP contribution is 2.33. The van der Waals surface area contributed by atoms with Crippen LogP contribution in [0.25, 0.3) is 10.8 Å². The molecule has 27 heavy (non-hydrogen) atoms. The highest BCUT2D eigenvalue weighted by Gasteiger charge is 2.28. The van der Waals surface area contributed by atoms with E-state index >= 15 is 0 Å². The molecule has 1 fully saturated rings. The minimum absolute atomic E-state index is 0.0181. The zero-order chi connectivity index (χ0) is 19.0. The van der Waals surface area contributed by atoms with E-state index in [0.29, 0.717) is 16.3 Å². The average molecular weight is 402 g/mol. The molecule has 7 heteroatoms. The zero-order valence-electron chi connectivity index (χ0n) is 15.0. The third kappa shape index (κ3) is 3.28. The molecular weight excluding hydrogens is 382 g/mol. The molecule has 0 spiro atoms. The highest BCUT2D eigenvalue weighted by atomic mass is 35.5. The van der Waals surface area contributed by atoms with Gasteiger partial charge in [0.05, 0.1) is 4.90 Å². The second kappa shape index (κ2) is 7.09. The molecule has 1 aliphatic heterocycles. The lowest BCUT2D eigenvalue weighted by Gasteiger charge is -2.19. The standard InChI is InChI=1S/C20H20ClN3O2S/c1-2-14-11-12-24(13-14)19-17-5-3-4-6-18(17)20(23-22-19)27(25,26)16-9-7-15(21)8-10-16/h3-10,14H,2,11-13H2,1H3. The molecule has 0 N–H and O–H groups in total. The Morgan fingerprint density at radius 3 is 2.44 bits per heavy atom. The minimum atomic E-state index is -3.79. The second-order valence-corrected chi connectivity index (χ2v) is 9.14. The van der Waals surface area contributed by atoms with E-state index in [2.05, 4.69) is 22.0 Å². The van der Waals surface area contributed by atoms with Crippen LogP contribution in [0.2, 0.25) is 5.02 Å². The Labute approximate surface area is 163 Å². The molecule has 4 rings (SSSR count). The number of hydrogen-bond acceptors (Lipinski definition) is 5. The Morgan fingerprint density at radius 1 is 1.07 bits per heavy atom. The molecule has 0 radical (unpaired) electrons. The Kier molecular flexibility index (Phi) is 4.78. The fourth-order valence-electron chi connectivity index (χ4n) is 3.58. The van der Waals surface area contributed by atoms with Crippen LogP contribution in [0.3, 0.4) is 0 Å². The summed E-state index contributed by atoms with van der Waals surface area (Å²) < 4.78 is 26.3. The summed E-state index contributed by atoms with van der Waals surface area (Å²) >= 11 is 5.89. The lowest BCUT2D eigenvalue weighted by Crippen LogP contribution is -2.22. The molecular formula is C20H20ClN3O2S. The number of benzene rings is 2. The average Bonchev–Trinajstić information content (AvgIpc) is 3.16. The molecule has 1 saturated heterocycles. The van der Waals surface area contributed by atoms with E-state index in [1.165, 1.54) is 12.1 Å². The van der Waals surface area contributed by atoms with E-state index < -0.39 is 9.84 Å². The van der Waals surface area contributed by atoms with Crippen LogP contribution < -0.4 is 4.90 Å². The summed E-state index contributed by atoms with van der Waals surface area (Å²) in [6.07, 6.45) is 2.25. The second-order valence-electron chi connectivity index (χ2n) is 6.84. The van der Waals surface area contributed by atoms with Crippen LogP contribution in [0.4, 0.5) is 5.82 Å². The largest absolute Gasteiger partial charge is 0.354 e. The van der Waals surface area contributed by atoms with Gasteiger partial charge in [-0.2, -0.15) is 0 Å². The maximum absolute atomic E-state index is 13.1. The van der Waals surface area contributed by atoms with E-state index in [9.17, 15) is 8.42 Å². The first kappa shape index (κ1) is 18.2. The Morgan fingerprint density at radius 2 is 1.78 bits per heavy atom. The number of rotatable bonds is 4. The van der Waals surface area contributed by atoms with Gasteiger partial charge in [-0.15, -0.1) is 10.2 Å². The lowest BCUT2D eigenvalue weighted by molar-refractivity contribution is 0.568. The number of anilines is 1. The van der Waals surface area contributed by atoms with Crippen molar-refractivity contribution in [3.63, 3.8) is 0 Å². The van der Waals surface area contributed by atoms with Crippen LogP contribution in [0.5, 0.6) is 0 Å². The number of aromatic nitrogens is 2. The number of fused-ring (bicyclic) bond motifs is 1. The Hall–Kier alpha value is -2.18. The predicted molar refractivity (Wildman–Crippen MR) is 107 cm³/mol. The van der Waals surface area contributed by atoms with Crippen LogP contribution in [-0.2, 0) is 9.84 Å². The van der Waals surface area contributed by atoms with Crippen molar-refractivity contribution in [1.82, 2.24) is 10.2 Å². The zero-order valence-corrected chi connectivity index (χ0v) is 16.5. The van der Waals surface area contributed by atoms with Crippen molar-refractivity contribution >= 4 is 38.0 Å². The van der Waals surface area contributed by atoms with E-state index in [1.807, 2.05) is 18.2 Å². The lowest BCUT2D eigenvalue weighted by atomic mass is 10.1. The number of hydrogen-bond donors (Lipinski definition) is 0. The van der Waals surface area contributed by atoms with Crippen molar-refractivity contribution in [2.75, 3.05) is 18.0 Å². The van der Waals surface area contributed by atoms with Crippen LogP contribution in [-0.4, -0.2) is 31.7 Å². The predicted octanol–water partition coefficient (Wildman–Crippen LogP) is 4.35. The number of halogens is 1. The molecule has 2 aromatic carbocycles. The molecule has 0 amide bonds. The SMILES string of the molecule is CCC1CCN(c2nnc(S(=O)(=O)c3ccc(Cl)cc3)c3ccccc23)C1. The smallest absolute Gasteiger partial charge is 0.226 e. The van der Waals surface area contributed by atoms with Gasteiger partial charge >= 0.3 is 0 Å². The van der Waals surface area contributed by atoms with E-state index in [-0.39, 0.29) is 9.92 Å². The molecule has 0 bridgehead atoms. The van der Waals surface area contributed by atoms with Crippen molar-refractivity contribution in [3.05, 3.63) is 53.6 Å². The number of nitrogens with zero attached hydrogens (tertiary/aromatic N) is 3. The molecule has 1 aliphatic rings. The molecule has 0 aliphatic carbocycles. The maximum atomic E-state index is 13.1. The van der Waals surface area contributed by atoms with E-state index in [0.717, 1.165) is 37.1 Å². The molecule has 5 nitrogen and oxygen atoms in total. The van der Waals surface area contributed by atoms with E-state index in [4.69, 9.17) is 11.6 Å². The molecule has 140 valence electrons. The molecule has 1 aromatic heterocycles. The van der Waals surface area contributed by atoms with Gasteiger partial charge in [0.2, 0.25) is 9.84 Å². The first-order valence-corrected chi connectivity index (χ1v) is 10.9. The van der Waals surface area contributed by atoms with Gasteiger partial charge in [0.1, 0.15) is 0 Å². The van der Waals surface area contributed by atoms with Crippen LogP contribution in [0, 0.1) is 5.92 Å². The van der Waals surface area contributed by atoms with Gasteiger partial charge in [0.25, 0.3) is 0 Å². The first-order valence-electron chi connectivity index (χ1n) is 9.01. The van der Waals surface area contributed by atoms with Crippen molar-refractivity contribution in [1.29, 1.82) is 0 Å². The highest BCUT2D eigenvalue weighted by molar-refractivity contribution is 7.91.